The Labute approximate surface area is 201 Å². The van der Waals surface area contributed by atoms with E-state index in [2.05, 4.69) is 0 Å². The van der Waals surface area contributed by atoms with Crippen molar-refractivity contribution < 1.29 is 10.2 Å². The predicted octanol–water partition coefficient (Wildman–Crippen LogP) is 3.74. The fourth-order valence-corrected chi connectivity index (χ4v) is 5.03. The molecule has 0 aliphatic carbocycles. The summed E-state index contributed by atoms with van der Waals surface area (Å²) in [5, 5.41) is 22.4. The maximum atomic E-state index is 13.6. The van der Waals surface area contributed by atoms with Gasteiger partial charge in [-0.05, 0) is 57.7 Å². The Kier molecular flexibility index (Phi) is 7.38. The standard InChI is InChI=1S/C23H28N4O4S2/c1-5-24-18(28)16(19(29)25(6-2)22(24)32)15(14-12-10-9-11-13-14)17-20(30)26(7-3)23(33)27(8-4)21(17)31/h9-13,15,28,30H,5-8H2,1-4H3. The highest BCUT2D eigenvalue weighted by atomic mass is 32.1. The molecule has 8 nitrogen and oxygen atoms in total. The quantitative estimate of drug-likeness (QED) is 0.492. The average molecular weight is 489 g/mol. The highest BCUT2D eigenvalue weighted by Gasteiger charge is 2.33. The maximum absolute atomic E-state index is 13.6. The number of benzene rings is 1. The van der Waals surface area contributed by atoms with Crippen LogP contribution in [0.5, 0.6) is 11.8 Å². The van der Waals surface area contributed by atoms with Crippen LogP contribution in [0.2, 0.25) is 0 Å². The minimum absolute atomic E-state index is 0.0201. The summed E-state index contributed by atoms with van der Waals surface area (Å²) in [5.41, 5.74) is -0.486. The molecule has 0 saturated heterocycles. The number of nitrogens with zero attached hydrogens (tertiary/aromatic N) is 4. The Balaban J connectivity index is 2.61. The van der Waals surface area contributed by atoms with Crippen molar-refractivity contribution in [1.29, 1.82) is 0 Å². The van der Waals surface area contributed by atoms with Gasteiger partial charge in [-0.1, -0.05) is 30.3 Å². The molecule has 0 unspecified atom stereocenters. The summed E-state index contributed by atoms with van der Waals surface area (Å²) in [6.45, 7) is 8.41. The van der Waals surface area contributed by atoms with E-state index in [9.17, 15) is 19.8 Å². The van der Waals surface area contributed by atoms with Crippen molar-refractivity contribution in [3.8, 4) is 11.8 Å². The van der Waals surface area contributed by atoms with Crippen LogP contribution in [0, 0.1) is 9.54 Å². The molecule has 3 rings (SSSR count). The first-order valence-electron chi connectivity index (χ1n) is 10.9. The predicted molar refractivity (Wildman–Crippen MR) is 132 cm³/mol. The largest absolute Gasteiger partial charge is 0.494 e. The van der Waals surface area contributed by atoms with E-state index in [1.807, 2.05) is 6.07 Å². The van der Waals surface area contributed by atoms with E-state index < -0.39 is 17.0 Å². The molecule has 0 spiro atoms. The average Bonchev–Trinajstić information content (AvgIpc) is 2.79. The lowest BCUT2D eigenvalue weighted by molar-refractivity contribution is 0.380. The lowest BCUT2D eigenvalue weighted by atomic mass is 9.86. The van der Waals surface area contributed by atoms with E-state index in [0.29, 0.717) is 18.7 Å². The molecule has 33 heavy (non-hydrogen) atoms. The van der Waals surface area contributed by atoms with E-state index in [4.69, 9.17) is 24.4 Å². The van der Waals surface area contributed by atoms with Gasteiger partial charge in [0.05, 0.1) is 17.0 Å². The van der Waals surface area contributed by atoms with Crippen LogP contribution in [0.25, 0.3) is 0 Å². The van der Waals surface area contributed by atoms with E-state index >= 15 is 0 Å². The van der Waals surface area contributed by atoms with Crippen LogP contribution >= 0.6 is 24.4 Å². The number of hydrogen-bond acceptors (Lipinski definition) is 6. The Bertz CT molecular complexity index is 1330. The van der Waals surface area contributed by atoms with Gasteiger partial charge in [0, 0.05) is 26.2 Å². The monoisotopic (exact) mass is 488 g/mol. The van der Waals surface area contributed by atoms with Gasteiger partial charge in [-0.25, -0.2) is 0 Å². The summed E-state index contributed by atoms with van der Waals surface area (Å²) in [4.78, 5) is 27.2. The molecule has 0 saturated carbocycles. The summed E-state index contributed by atoms with van der Waals surface area (Å²) in [6.07, 6.45) is 0. The summed E-state index contributed by atoms with van der Waals surface area (Å²) >= 11 is 10.9. The van der Waals surface area contributed by atoms with Gasteiger partial charge in [-0.3, -0.25) is 27.9 Å². The first-order valence-corrected chi connectivity index (χ1v) is 11.7. The van der Waals surface area contributed by atoms with Crippen LogP contribution in [-0.4, -0.2) is 28.5 Å². The van der Waals surface area contributed by atoms with Crippen LogP contribution in [0.4, 0.5) is 0 Å². The second-order valence-corrected chi connectivity index (χ2v) is 8.20. The van der Waals surface area contributed by atoms with E-state index in [0.717, 1.165) is 0 Å². The zero-order valence-corrected chi connectivity index (χ0v) is 20.7. The van der Waals surface area contributed by atoms with Crippen molar-refractivity contribution in [3.05, 3.63) is 77.3 Å². The fourth-order valence-electron chi connectivity index (χ4n) is 4.18. The topological polar surface area (TPSA) is 94.3 Å². The van der Waals surface area contributed by atoms with Crippen LogP contribution in [0.1, 0.15) is 50.3 Å². The van der Waals surface area contributed by atoms with Gasteiger partial charge in [0.2, 0.25) is 11.8 Å². The van der Waals surface area contributed by atoms with Crippen LogP contribution in [-0.2, 0) is 26.2 Å². The second kappa shape index (κ2) is 9.88. The SMILES string of the molecule is CCn1c(O)c(C(c2ccccc2)c2c(O)n(CC)c(=S)n(CC)c2=O)c(=O)n(CC)c1=S. The lowest BCUT2D eigenvalue weighted by Gasteiger charge is -2.24. The van der Waals surface area contributed by atoms with E-state index in [1.54, 1.807) is 52.0 Å². The number of aromatic nitrogens is 4. The van der Waals surface area contributed by atoms with Crippen LogP contribution in [0.15, 0.2) is 39.9 Å². The number of aromatic hydroxyl groups is 2. The zero-order chi connectivity index (χ0) is 24.4. The molecule has 0 atom stereocenters. The third-order valence-corrected chi connectivity index (χ3v) is 6.72. The van der Waals surface area contributed by atoms with E-state index in [-0.39, 0.29) is 45.5 Å². The van der Waals surface area contributed by atoms with Crippen molar-refractivity contribution in [2.24, 2.45) is 0 Å². The Morgan fingerprint density at radius 3 is 1.39 bits per heavy atom. The third kappa shape index (κ3) is 3.97. The number of rotatable bonds is 7. The summed E-state index contributed by atoms with van der Waals surface area (Å²) in [6, 6.07) is 8.87. The van der Waals surface area contributed by atoms with Gasteiger partial charge in [0.15, 0.2) is 9.54 Å². The van der Waals surface area contributed by atoms with Crippen LogP contribution < -0.4 is 11.1 Å². The smallest absolute Gasteiger partial charge is 0.262 e. The van der Waals surface area contributed by atoms with Gasteiger partial charge in [0.25, 0.3) is 11.1 Å². The Morgan fingerprint density at radius 2 is 1.06 bits per heavy atom. The summed E-state index contributed by atoms with van der Waals surface area (Å²) < 4.78 is 6.06. The molecule has 3 aromatic rings. The van der Waals surface area contributed by atoms with Crippen LogP contribution in [0.3, 0.4) is 0 Å². The molecule has 1 aromatic carbocycles. The molecule has 0 amide bonds. The summed E-state index contributed by atoms with van der Waals surface area (Å²) in [7, 11) is 0. The van der Waals surface area contributed by atoms with Gasteiger partial charge in [-0.15, -0.1) is 0 Å². The zero-order valence-electron chi connectivity index (χ0n) is 19.1. The minimum atomic E-state index is -1.04. The minimum Gasteiger partial charge on any atom is -0.494 e. The molecule has 0 fully saturated rings. The molecule has 2 heterocycles. The van der Waals surface area contributed by atoms with Crippen molar-refractivity contribution in [2.45, 2.75) is 59.8 Å². The molecule has 0 bridgehead atoms. The van der Waals surface area contributed by atoms with Crippen molar-refractivity contribution in [2.75, 3.05) is 0 Å². The van der Waals surface area contributed by atoms with Gasteiger partial charge in [-0.2, -0.15) is 0 Å². The van der Waals surface area contributed by atoms with Crippen molar-refractivity contribution in [3.63, 3.8) is 0 Å². The first kappa shape index (κ1) is 24.7. The highest BCUT2D eigenvalue weighted by Crippen LogP contribution is 2.37. The number of hydrogen-bond donors (Lipinski definition) is 2. The molecule has 10 heteroatoms. The molecule has 176 valence electrons. The first-order chi connectivity index (χ1) is 15.7. The summed E-state index contributed by atoms with van der Waals surface area (Å²) in [5.74, 6) is -1.68. The lowest BCUT2D eigenvalue weighted by Crippen LogP contribution is -2.34. The molecule has 0 radical (unpaired) electrons. The highest BCUT2D eigenvalue weighted by molar-refractivity contribution is 7.71. The van der Waals surface area contributed by atoms with Gasteiger partial charge >= 0.3 is 0 Å². The normalized spacial score (nSPS) is 11.3. The Hall–Kier alpha value is -2.98. The van der Waals surface area contributed by atoms with E-state index in [1.165, 1.54) is 18.3 Å². The maximum Gasteiger partial charge on any atom is 0.262 e. The molecular formula is C23H28N4O4S2. The fraction of sp³-hybridized carbons (Fsp3) is 0.391. The third-order valence-electron chi connectivity index (χ3n) is 5.84. The second-order valence-electron chi connectivity index (χ2n) is 7.47. The molecule has 0 aliphatic heterocycles. The molecular weight excluding hydrogens is 460 g/mol. The van der Waals surface area contributed by atoms with Gasteiger partial charge < -0.3 is 10.2 Å². The molecule has 2 N–H and O–H groups in total. The van der Waals surface area contributed by atoms with Crippen molar-refractivity contribution in [1.82, 2.24) is 18.3 Å². The Morgan fingerprint density at radius 1 is 0.697 bits per heavy atom. The van der Waals surface area contributed by atoms with Gasteiger partial charge in [0.1, 0.15) is 0 Å². The van der Waals surface area contributed by atoms with Crippen molar-refractivity contribution >= 4 is 24.4 Å². The molecule has 0 aliphatic rings. The molecule has 2 aromatic heterocycles.